The Hall–Kier alpha value is -3.19. The minimum absolute atomic E-state index is 0.0100. The van der Waals surface area contributed by atoms with Gasteiger partial charge in [0.15, 0.2) is 23.6 Å². The average molecular weight is 766 g/mol. The fourth-order valence-corrected chi connectivity index (χ4v) is 7.26. The minimum atomic E-state index is -5.55. The summed E-state index contributed by atoms with van der Waals surface area (Å²) < 4.78 is 72.2. The topological polar surface area (TPSA) is 337 Å². The number of phosphoric acid groups is 1. The summed E-state index contributed by atoms with van der Waals surface area (Å²) in [6, 6.07) is 1.35. The molecule has 0 aliphatic carbocycles. The number of H-pyrrole nitrogens is 1. The van der Waals surface area contributed by atoms with Crippen LogP contribution in [0, 0.1) is 0 Å². The first-order valence-corrected chi connectivity index (χ1v) is 18.2. The third kappa shape index (κ3) is 9.63. The molecule has 2 aliphatic rings. The number of nitrogens with one attached hydrogen (secondary N) is 2. The predicted octanol–water partition coefficient (Wildman–Crippen LogP) is -3.29. The van der Waals surface area contributed by atoms with Crippen LogP contribution in [0.4, 0.5) is 11.8 Å². The number of ether oxygens (including phenoxy) is 5. The van der Waals surface area contributed by atoms with Crippen molar-refractivity contribution in [3.8, 4) is 0 Å². The molecule has 0 amide bonds. The van der Waals surface area contributed by atoms with Crippen LogP contribution >= 0.6 is 15.6 Å². The van der Waals surface area contributed by atoms with Gasteiger partial charge in [-0.25, -0.2) is 19.4 Å². The summed E-state index contributed by atoms with van der Waals surface area (Å²) in [5.41, 5.74) is 9.68. The van der Waals surface area contributed by atoms with Crippen molar-refractivity contribution in [3.05, 3.63) is 39.4 Å². The second-order valence-electron chi connectivity index (χ2n) is 11.2. The average Bonchev–Trinajstić information content (AvgIpc) is 3.75. The zero-order valence-electron chi connectivity index (χ0n) is 27.2. The molecule has 5 rings (SSSR count). The van der Waals surface area contributed by atoms with Gasteiger partial charge in [0.25, 0.3) is 5.56 Å². The van der Waals surface area contributed by atoms with Gasteiger partial charge in [0.05, 0.1) is 53.3 Å². The second kappa shape index (κ2) is 16.7. The molecule has 2 fully saturated rings. The summed E-state index contributed by atoms with van der Waals surface area (Å²) in [5, 5.41) is 13.3. The summed E-state index contributed by atoms with van der Waals surface area (Å²) in [4.78, 5) is 61.8. The van der Waals surface area contributed by atoms with Crippen LogP contribution in [0.1, 0.15) is 18.9 Å². The van der Waals surface area contributed by atoms with Crippen molar-refractivity contribution < 1.29 is 61.3 Å². The zero-order valence-corrected chi connectivity index (χ0v) is 29.0. The van der Waals surface area contributed by atoms with Crippen molar-refractivity contribution in [1.82, 2.24) is 34.2 Å². The smallest absolute Gasteiger partial charge is 0.406 e. The number of hydrogen-bond donors (Lipinski definition) is 5. The van der Waals surface area contributed by atoms with Crippen LogP contribution in [-0.2, 0) is 46.4 Å². The Morgan fingerprint density at radius 2 is 1.84 bits per heavy atom. The molecule has 3 aromatic heterocycles. The molecule has 51 heavy (non-hydrogen) atoms. The van der Waals surface area contributed by atoms with E-state index in [1.165, 1.54) is 37.4 Å². The lowest BCUT2D eigenvalue weighted by Gasteiger charge is -2.32. The van der Waals surface area contributed by atoms with E-state index in [0.29, 0.717) is 0 Å². The van der Waals surface area contributed by atoms with Crippen molar-refractivity contribution >= 4 is 38.5 Å². The van der Waals surface area contributed by atoms with Crippen molar-refractivity contribution in [2.24, 2.45) is 0 Å². The molecule has 0 saturated carbocycles. The number of hydrogen-bond acceptors (Lipinski definition) is 20. The van der Waals surface area contributed by atoms with E-state index in [-0.39, 0.29) is 55.7 Å². The molecule has 0 radical (unpaired) electrons. The number of anilines is 2. The van der Waals surface area contributed by atoms with Crippen molar-refractivity contribution in [2.45, 2.75) is 49.4 Å². The van der Waals surface area contributed by atoms with Gasteiger partial charge in [-0.05, 0) is 6.07 Å². The fourth-order valence-electron chi connectivity index (χ4n) is 5.40. The van der Waals surface area contributed by atoms with Gasteiger partial charge < -0.3 is 59.1 Å². The van der Waals surface area contributed by atoms with E-state index in [9.17, 15) is 33.6 Å². The van der Waals surface area contributed by atoms with Gasteiger partial charge in [-0.3, -0.25) is 28.0 Å². The van der Waals surface area contributed by atoms with Gasteiger partial charge in [0, 0.05) is 33.4 Å². The Labute approximate surface area is 288 Å². The molecule has 26 heteroatoms. The highest BCUT2D eigenvalue weighted by Gasteiger charge is 2.51. The number of nitrogen functional groups attached to an aromatic ring is 2. The summed E-state index contributed by atoms with van der Waals surface area (Å²) in [7, 11) is -7.32. The lowest BCUT2D eigenvalue weighted by molar-refractivity contribution is -0.343. The number of phosphoric ester groups is 1. The summed E-state index contributed by atoms with van der Waals surface area (Å²) >= 11 is 0. The van der Waals surface area contributed by atoms with Crippen LogP contribution in [0.15, 0.2) is 28.2 Å². The first-order valence-electron chi connectivity index (χ1n) is 15.2. The number of aromatic amines is 1. The highest BCUT2D eigenvalue weighted by atomic mass is 31.2. The Bertz CT molecular complexity index is 1850. The maximum atomic E-state index is 14.4. The molecular formula is C25H37N9O15P2-2. The second-order valence-corrected chi connectivity index (χ2v) is 14.1. The quantitative estimate of drug-likeness (QED) is 0.0625. The SMILES string of the molecule is COCCOCCNP(=O)(OC[C@@H]1C[C@@H](O)[C@H](n2ccc(N)nc2=O)O1)O[C@H]1[C@@H](OC)[C@H](n2cnc3c(=O)[nH]c(N)nc32)O[C@@H]1COP(=O)([O-])[O-]. The molecule has 2 saturated heterocycles. The molecule has 0 aromatic carbocycles. The Morgan fingerprint density at radius 3 is 2.55 bits per heavy atom. The largest absolute Gasteiger partial charge is 0.790 e. The highest BCUT2D eigenvalue weighted by Crippen LogP contribution is 2.50. The number of aromatic nitrogens is 6. The van der Waals surface area contributed by atoms with E-state index in [1.54, 1.807) is 0 Å². The third-order valence-corrected chi connectivity index (χ3v) is 9.73. The number of aliphatic hydroxyl groups is 1. The molecule has 1 unspecified atom stereocenters. The molecule has 2 aliphatic heterocycles. The highest BCUT2D eigenvalue weighted by molar-refractivity contribution is 7.51. The van der Waals surface area contributed by atoms with Crippen LogP contribution in [0.25, 0.3) is 11.2 Å². The third-order valence-electron chi connectivity index (χ3n) is 7.65. The normalized spacial score (nSPS) is 26.6. The molecular weight excluding hydrogens is 728 g/mol. The number of fused-ring (bicyclic) bond motifs is 1. The maximum absolute atomic E-state index is 14.4. The molecule has 7 N–H and O–H groups in total. The molecule has 284 valence electrons. The standard InChI is InChI=1S/C25H39N9O15P2/c1-42-7-8-44-6-4-29-50(38,45-10-13-9-14(35)22(47-13)33-5-3-16(26)30-25(33)37)49-18-15(11-46-51(39,40)41)48-23(19(18)43-2)34-12-28-17-20(34)31-24(27)32-21(17)36/h3,5,12-15,18-19,22-23,35H,4,6-11H2,1-2H3,(H,29,38)(H2,26,30,37)(H2,39,40,41)(H3,27,31,32,36)/p-2/t13-,14+,15+,18+,19+,22+,23+,50?/m0/s1. The van der Waals surface area contributed by atoms with E-state index in [2.05, 4.69) is 29.5 Å². The van der Waals surface area contributed by atoms with Crippen LogP contribution in [0.5, 0.6) is 0 Å². The Kier molecular flexibility index (Phi) is 12.7. The first kappa shape index (κ1) is 39.0. The molecule has 5 heterocycles. The number of nitrogens with two attached hydrogens (primary N) is 2. The summed E-state index contributed by atoms with van der Waals surface area (Å²) in [5.74, 6) is -0.278. The van der Waals surface area contributed by atoms with E-state index in [1.807, 2.05) is 0 Å². The van der Waals surface area contributed by atoms with Gasteiger partial charge in [-0.2, -0.15) is 9.97 Å². The van der Waals surface area contributed by atoms with E-state index in [4.69, 9.17) is 44.2 Å². The summed E-state index contributed by atoms with van der Waals surface area (Å²) in [6.07, 6.45) is -6.33. The fraction of sp³-hybridized carbons (Fsp3) is 0.640. The number of imidazole rings is 1. The van der Waals surface area contributed by atoms with Gasteiger partial charge >= 0.3 is 13.4 Å². The van der Waals surface area contributed by atoms with Gasteiger partial charge in [-0.1, -0.05) is 0 Å². The summed E-state index contributed by atoms with van der Waals surface area (Å²) in [6.45, 7) is -0.949. The lowest BCUT2D eigenvalue weighted by Crippen LogP contribution is -2.39. The van der Waals surface area contributed by atoms with E-state index >= 15 is 0 Å². The van der Waals surface area contributed by atoms with Gasteiger partial charge in [0.1, 0.15) is 30.2 Å². The zero-order chi connectivity index (χ0) is 36.9. The molecule has 8 atom stereocenters. The molecule has 0 spiro atoms. The van der Waals surface area contributed by atoms with Gasteiger partial charge in [0.2, 0.25) is 5.95 Å². The predicted molar refractivity (Wildman–Crippen MR) is 167 cm³/mol. The number of nitrogens with zero attached hydrogens (tertiary/aromatic N) is 5. The van der Waals surface area contributed by atoms with Crippen LogP contribution in [0.3, 0.4) is 0 Å². The number of rotatable bonds is 18. The molecule has 24 nitrogen and oxygen atoms in total. The van der Waals surface area contributed by atoms with Crippen molar-refractivity contribution in [1.29, 1.82) is 0 Å². The van der Waals surface area contributed by atoms with Crippen LogP contribution in [-0.4, -0.2) is 118 Å². The van der Waals surface area contributed by atoms with E-state index in [0.717, 1.165) is 4.57 Å². The van der Waals surface area contributed by atoms with Crippen molar-refractivity contribution in [2.75, 3.05) is 65.3 Å². The van der Waals surface area contributed by atoms with Gasteiger partial charge in [-0.15, -0.1) is 0 Å². The lowest BCUT2D eigenvalue weighted by atomic mass is 10.1. The number of aliphatic hydroxyl groups excluding tert-OH is 1. The van der Waals surface area contributed by atoms with E-state index < -0.39 is 83.0 Å². The maximum Gasteiger partial charge on any atom is 0.406 e. The monoisotopic (exact) mass is 765 g/mol. The Balaban J connectivity index is 1.39. The number of methoxy groups -OCH3 is 2. The Morgan fingerprint density at radius 1 is 1.06 bits per heavy atom. The molecule has 0 bridgehead atoms. The first-order chi connectivity index (χ1) is 24.2. The minimum Gasteiger partial charge on any atom is -0.790 e. The molecule has 3 aromatic rings. The van der Waals surface area contributed by atoms with Crippen LogP contribution < -0.4 is 37.6 Å². The van der Waals surface area contributed by atoms with Crippen LogP contribution in [0.2, 0.25) is 0 Å². The van der Waals surface area contributed by atoms with Crippen molar-refractivity contribution in [3.63, 3.8) is 0 Å².